The largest absolute Gasteiger partial charge is 0.471 e. The fraction of sp³-hybridized carbons (Fsp3) is 0.316. The van der Waals surface area contributed by atoms with Crippen LogP contribution in [0.3, 0.4) is 0 Å². The fourth-order valence-corrected chi connectivity index (χ4v) is 3.18. The first kappa shape index (κ1) is 19.5. The topological polar surface area (TPSA) is 35.6 Å². The molecule has 0 atom stereocenters. The third kappa shape index (κ3) is 5.14. The molecule has 27 heavy (non-hydrogen) atoms. The normalized spacial score (nSPS) is 15.6. The summed E-state index contributed by atoms with van der Waals surface area (Å²) < 4.78 is 36.9. The van der Waals surface area contributed by atoms with Crippen LogP contribution >= 0.6 is 11.6 Å². The van der Waals surface area contributed by atoms with Gasteiger partial charge >= 0.3 is 12.1 Å². The Morgan fingerprint density at radius 3 is 2.22 bits per heavy atom. The number of piperazine rings is 1. The number of hydrogen-bond acceptors (Lipinski definition) is 3. The highest BCUT2D eigenvalue weighted by molar-refractivity contribution is 6.31. The van der Waals surface area contributed by atoms with E-state index in [9.17, 15) is 18.0 Å². The standard InChI is InChI=1S/C19H19ClF3N3O/c20-17-4-2-1-3-14(17)13-25-9-11-26(12-10-25)16-7-5-15(6-8-16)24-18(27)19(21,22)23/h1-8H,9-13H2,(H,24,27). The lowest BCUT2D eigenvalue weighted by molar-refractivity contribution is -0.167. The van der Waals surface area contributed by atoms with Crippen LogP contribution in [0, 0.1) is 0 Å². The van der Waals surface area contributed by atoms with Crippen molar-refractivity contribution in [1.82, 2.24) is 4.90 Å². The van der Waals surface area contributed by atoms with Crippen LogP contribution in [0.4, 0.5) is 24.5 Å². The summed E-state index contributed by atoms with van der Waals surface area (Å²) in [6.07, 6.45) is -4.89. The first-order valence-corrected chi connectivity index (χ1v) is 8.90. The summed E-state index contributed by atoms with van der Waals surface area (Å²) in [6.45, 7) is 4.11. The average molecular weight is 398 g/mol. The van der Waals surface area contributed by atoms with Gasteiger partial charge in [0.25, 0.3) is 0 Å². The Labute approximate surface area is 160 Å². The van der Waals surface area contributed by atoms with E-state index in [0.29, 0.717) is 0 Å². The zero-order valence-corrected chi connectivity index (χ0v) is 15.2. The van der Waals surface area contributed by atoms with Crippen LogP contribution in [-0.4, -0.2) is 43.2 Å². The maximum atomic E-state index is 12.3. The highest BCUT2D eigenvalue weighted by atomic mass is 35.5. The minimum atomic E-state index is -4.89. The van der Waals surface area contributed by atoms with Crippen molar-refractivity contribution >= 4 is 28.9 Å². The molecule has 1 fully saturated rings. The monoisotopic (exact) mass is 397 g/mol. The molecule has 0 bridgehead atoms. The Morgan fingerprint density at radius 2 is 1.63 bits per heavy atom. The van der Waals surface area contributed by atoms with E-state index in [1.165, 1.54) is 12.1 Å². The van der Waals surface area contributed by atoms with Crippen LogP contribution < -0.4 is 10.2 Å². The molecule has 1 amide bonds. The molecule has 4 nitrogen and oxygen atoms in total. The number of carbonyl (C=O) groups is 1. The van der Waals surface area contributed by atoms with Crippen LogP contribution in [0.1, 0.15) is 5.56 Å². The Morgan fingerprint density at radius 1 is 1.00 bits per heavy atom. The lowest BCUT2D eigenvalue weighted by atomic mass is 10.2. The first-order chi connectivity index (χ1) is 12.8. The van der Waals surface area contributed by atoms with Gasteiger partial charge in [-0.05, 0) is 35.9 Å². The molecule has 3 rings (SSSR count). The van der Waals surface area contributed by atoms with Gasteiger partial charge in [0.2, 0.25) is 0 Å². The molecule has 0 saturated carbocycles. The predicted octanol–water partition coefficient (Wildman–Crippen LogP) is 4.16. The van der Waals surface area contributed by atoms with Crippen molar-refractivity contribution in [2.45, 2.75) is 12.7 Å². The fourth-order valence-electron chi connectivity index (χ4n) is 2.99. The maximum Gasteiger partial charge on any atom is 0.471 e. The van der Waals surface area contributed by atoms with E-state index in [1.54, 1.807) is 12.1 Å². The molecule has 2 aromatic rings. The molecular formula is C19H19ClF3N3O. The van der Waals surface area contributed by atoms with Gasteiger partial charge in [-0.3, -0.25) is 9.69 Å². The minimum absolute atomic E-state index is 0.124. The van der Waals surface area contributed by atoms with Gasteiger partial charge in [-0.15, -0.1) is 0 Å². The van der Waals surface area contributed by atoms with Crippen molar-refractivity contribution in [3.8, 4) is 0 Å². The molecule has 0 unspecified atom stereocenters. The quantitative estimate of drug-likeness (QED) is 0.841. The predicted molar refractivity (Wildman–Crippen MR) is 100 cm³/mol. The van der Waals surface area contributed by atoms with Gasteiger partial charge < -0.3 is 10.2 Å². The maximum absolute atomic E-state index is 12.3. The summed E-state index contributed by atoms with van der Waals surface area (Å²) in [5, 5.41) is 2.61. The minimum Gasteiger partial charge on any atom is -0.369 e. The van der Waals surface area contributed by atoms with E-state index in [-0.39, 0.29) is 5.69 Å². The van der Waals surface area contributed by atoms with Crippen LogP contribution in [0.15, 0.2) is 48.5 Å². The van der Waals surface area contributed by atoms with Crippen LogP contribution in [0.5, 0.6) is 0 Å². The van der Waals surface area contributed by atoms with Gasteiger partial charge in [-0.1, -0.05) is 29.8 Å². The highest BCUT2D eigenvalue weighted by Gasteiger charge is 2.38. The van der Waals surface area contributed by atoms with E-state index in [1.807, 2.05) is 29.6 Å². The Hall–Kier alpha value is -2.25. The van der Waals surface area contributed by atoms with Gasteiger partial charge in [0, 0.05) is 49.1 Å². The molecule has 2 aromatic carbocycles. The van der Waals surface area contributed by atoms with Crippen molar-refractivity contribution < 1.29 is 18.0 Å². The first-order valence-electron chi connectivity index (χ1n) is 8.52. The van der Waals surface area contributed by atoms with Crippen molar-refractivity contribution in [3.05, 3.63) is 59.1 Å². The van der Waals surface area contributed by atoms with Crippen molar-refractivity contribution in [2.75, 3.05) is 36.4 Å². The number of amides is 1. The van der Waals surface area contributed by atoms with Crippen molar-refractivity contribution in [3.63, 3.8) is 0 Å². The number of nitrogens with one attached hydrogen (secondary N) is 1. The number of halogens is 4. The zero-order valence-electron chi connectivity index (χ0n) is 14.5. The summed E-state index contributed by atoms with van der Waals surface area (Å²) in [5.74, 6) is -1.97. The second-order valence-electron chi connectivity index (χ2n) is 6.35. The smallest absolute Gasteiger partial charge is 0.369 e. The highest BCUT2D eigenvalue weighted by Crippen LogP contribution is 2.23. The number of alkyl halides is 3. The molecule has 144 valence electrons. The average Bonchev–Trinajstić information content (AvgIpc) is 2.64. The molecule has 1 saturated heterocycles. The lowest BCUT2D eigenvalue weighted by Crippen LogP contribution is -2.46. The number of anilines is 2. The van der Waals surface area contributed by atoms with E-state index < -0.39 is 12.1 Å². The molecule has 0 radical (unpaired) electrons. The molecule has 1 aliphatic rings. The van der Waals surface area contributed by atoms with Gasteiger partial charge in [0.1, 0.15) is 0 Å². The third-order valence-electron chi connectivity index (χ3n) is 4.47. The third-order valence-corrected chi connectivity index (χ3v) is 4.84. The summed E-state index contributed by atoms with van der Waals surface area (Å²) in [6, 6.07) is 14.2. The molecule has 0 aliphatic carbocycles. The molecule has 1 N–H and O–H groups in total. The molecule has 0 aromatic heterocycles. The van der Waals surface area contributed by atoms with Gasteiger partial charge in [0.15, 0.2) is 0 Å². The summed E-state index contributed by atoms with van der Waals surface area (Å²) in [4.78, 5) is 15.4. The van der Waals surface area contributed by atoms with Crippen LogP contribution in [0.2, 0.25) is 5.02 Å². The second-order valence-corrected chi connectivity index (χ2v) is 6.76. The summed E-state index contributed by atoms with van der Waals surface area (Å²) in [5.41, 5.74) is 2.13. The number of rotatable bonds is 4. The zero-order chi connectivity index (χ0) is 19.4. The van der Waals surface area contributed by atoms with Crippen molar-refractivity contribution in [2.24, 2.45) is 0 Å². The molecule has 0 spiro atoms. The van der Waals surface area contributed by atoms with Gasteiger partial charge in [0.05, 0.1) is 0 Å². The number of hydrogen-bond donors (Lipinski definition) is 1. The second kappa shape index (κ2) is 8.19. The Kier molecular flexibility index (Phi) is 5.92. The molecule has 1 aliphatic heterocycles. The van der Waals surface area contributed by atoms with Crippen molar-refractivity contribution in [1.29, 1.82) is 0 Å². The Balaban J connectivity index is 1.54. The number of nitrogens with zero attached hydrogens (tertiary/aromatic N) is 2. The van der Waals surface area contributed by atoms with E-state index in [0.717, 1.165) is 49.0 Å². The Bertz CT molecular complexity index is 788. The lowest BCUT2D eigenvalue weighted by Gasteiger charge is -2.36. The van der Waals surface area contributed by atoms with Crippen LogP contribution in [0.25, 0.3) is 0 Å². The molecule has 1 heterocycles. The van der Waals surface area contributed by atoms with Gasteiger partial charge in [-0.25, -0.2) is 0 Å². The van der Waals surface area contributed by atoms with E-state index in [2.05, 4.69) is 9.80 Å². The summed E-state index contributed by atoms with van der Waals surface area (Å²) >= 11 is 6.21. The number of benzene rings is 2. The molecular weight excluding hydrogens is 379 g/mol. The number of carbonyl (C=O) groups excluding carboxylic acids is 1. The van der Waals surface area contributed by atoms with Gasteiger partial charge in [-0.2, -0.15) is 13.2 Å². The van der Waals surface area contributed by atoms with Crippen LogP contribution in [-0.2, 0) is 11.3 Å². The molecule has 8 heteroatoms. The SMILES string of the molecule is O=C(Nc1ccc(N2CCN(Cc3ccccc3Cl)CC2)cc1)C(F)(F)F. The van der Waals surface area contributed by atoms with E-state index in [4.69, 9.17) is 11.6 Å². The summed E-state index contributed by atoms with van der Waals surface area (Å²) in [7, 11) is 0. The van der Waals surface area contributed by atoms with E-state index >= 15 is 0 Å².